The van der Waals surface area contributed by atoms with Crippen LogP contribution in [0, 0.1) is 0 Å². The number of hydrogen-bond acceptors (Lipinski definition) is 4. The molecule has 5 nitrogen and oxygen atoms in total. The zero-order valence-electron chi connectivity index (χ0n) is 7.11. The van der Waals surface area contributed by atoms with E-state index >= 15 is 0 Å². The van der Waals surface area contributed by atoms with E-state index in [9.17, 15) is 9.59 Å². The first-order valence-corrected chi connectivity index (χ1v) is 3.83. The number of carbonyl (C=O) groups is 2. The summed E-state index contributed by atoms with van der Waals surface area (Å²) in [6.45, 7) is 1.51. The number of aliphatic hydroxyl groups excluding tert-OH is 1. The molecule has 0 aromatic heterocycles. The average molecular weight is 186 g/mol. The van der Waals surface area contributed by atoms with E-state index in [2.05, 4.69) is 4.74 Å². The van der Waals surface area contributed by atoms with E-state index in [0.29, 0.717) is 11.1 Å². The molecule has 1 aliphatic rings. The van der Waals surface area contributed by atoms with Gasteiger partial charge in [-0.2, -0.15) is 0 Å². The number of cyclic esters (lactones) is 1. The van der Waals surface area contributed by atoms with Crippen LogP contribution in [-0.2, 0) is 14.3 Å². The van der Waals surface area contributed by atoms with Gasteiger partial charge in [-0.1, -0.05) is 0 Å². The molecule has 0 saturated heterocycles. The molecule has 0 radical (unpaired) electrons. The molecular formula is C8H10O5. The first kappa shape index (κ1) is 9.73. The van der Waals surface area contributed by atoms with Crippen LogP contribution >= 0.6 is 0 Å². The molecule has 0 aliphatic carbocycles. The second-order valence-electron chi connectivity index (χ2n) is 2.80. The van der Waals surface area contributed by atoms with Crippen molar-refractivity contribution in [3.8, 4) is 0 Å². The molecule has 1 aliphatic heterocycles. The highest BCUT2D eigenvalue weighted by Gasteiger charge is 2.29. The lowest BCUT2D eigenvalue weighted by molar-refractivity contribution is -0.152. The van der Waals surface area contributed by atoms with E-state index in [-0.39, 0.29) is 12.8 Å². The van der Waals surface area contributed by atoms with Crippen molar-refractivity contribution in [1.82, 2.24) is 0 Å². The monoisotopic (exact) mass is 186 g/mol. The summed E-state index contributed by atoms with van der Waals surface area (Å²) in [7, 11) is 0. The third kappa shape index (κ3) is 2.06. The van der Waals surface area contributed by atoms with Crippen LogP contribution in [0.3, 0.4) is 0 Å². The van der Waals surface area contributed by atoms with Crippen molar-refractivity contribution in [2.45, 2.75) is 26.1 Å². The van der Waals surface area contributed by atoms with Crippen molar-refractivity contribution in [3.05, 3.63) is 11.1 Å². The average Bonchev–Trinajstić information content (AvgIpc) is 2.24. The molecule has 0 aromatic carbocycles. The highest BCUT2D eigenvalue weighted by atomic mass is 16.6. The third-order valence-electron chi connectivity index (χ3n) is 1.91. The Morgan fingerprint density at radius 3 is 2.62 bits per heavy atom. The minimum Gasteiger partial charge on any atom is -0.481 e. The van der Waals surface area contributed by atoms with E-state index in [1.54, 1.807) is 0 Å². The Bertz CT molecular complexity index is 278. The van der Waals surface area contributed by atoms with Crippen molar-refractivity contribution in [2.24, 2.45) is 0 Å². The summed E-state index contributed by atoms with van der Waals surface area (Å²) in [5.74, 6) is -1.54. The smallest absolute Gasteiger partial charge is 0.336 e. The molecule has 5 heteroatoms. The zero-order chi connectivity index (χ0) is 10.0. The minimum absolute atomic E-state index is 0.111. The van der Waals surface area contributed by atoms with Crippen molar-refractivity contribution in [1.29, 1.82) is 0 Å². The summed E-state index contributed by atoms with van der Waals surface area (Å²) in [6, 6.07) is 0. The Kier molecular flexibility index (Phi) is 2.67. The topological polar surface area (TPSA) is 83.8 Å². The molecular weight excluding hydrogens is 176 g/mol. The van der Waals surface area contributed by atoms with Gasteiger partial charge in [-0.25, -0.2) is 4.79 Å². The molecule has 0 bridgehead atoms. The normalized spacial score (nSPS) is 22.0. The number of ether oxygens (including phenoxy) is 1. The van der Waals surface area contributed by atoms with Gasteiger partial charge in [0, 0.05) is 17.6 Å². The van der Waals surface area contributed by atoms with Crippen LogP contribution in [0.15, 0.2) is 11.1 Å². The quantitative estimate of drug-likeness (QED) is 0.608. The Morgan fingerprint density at radius 2 is 2.23 bits per heavy atom. The van der Waals surface area contributed by atoms with Crippen molar-refractivity contribution < 1.29 is 24.5 Å². The number of rotatable bonds is 3. The second-order valence-corrected chi connectivity index (χ2v) is 2.80. The summed E-state index contributed by atoms with van der Waals surface area (Å²) in [6.07, 6.45) is -1.22. The molecule has 2 N–H and O–H groups in total. The second kappa shape index (κ2) is 3.57. The molecule has 1 unspecified atom stereocenters. The Balaban J connectivity index is 2.66. The van der Waals surface area contributed by atoms with Gasteiger partial charge in [-0.15, -0.1) is 0 Å². The first-order valence-electron chi connectivity index (χ1n) is 3.83. The molecule has 13 heavy (non-hydrogen) atoms. The lowest BCUT2D eigenvalue weighted by atomic mass is 10.1. The fourth-order valence-corrected chi connectivity index (χ4v) is 1.13. The van der Waals surface area contributed by atoms with Crippen LogP contribution in [0.5, 0.6) is 0 Å². The summed E-state index contributed by atoms with van der Waals surface area (Å²) in [4.78, 5) is 21.1. The van der Waals surface area contributed by atoms with Crippen LogP contribution in [-0.4, -0.2) is 28.4 Å². The highest BCUT2D eigenvalue weighted by Crippen LogP contribution is 2.24. The van der Waals surface area contributed by atoms with Crippen molar-refractivity contribution in [2.75, 3.05) is 0 Å². The van der Waals surface area contributed by atoms with E-state index < -0.39 is 18.2 Å². The number of esters is 1. The standard InChI is InChI=1S/C8H10O5/c1-4-5(2-3-6(9)10)8(12)13-7(4)11/h8,12H,2-3H2,1H3,(H,9,10). The number of carboxylic acids is 1. The summed E-state index contributed by atoms with van der Waals surface area (Å²) >= 11 is 0. The molecule has 1 atom stereocenters. The number of hydrogen-bond donors (Lipinski definition) is 2. The van der Waals surface area contributed by atoms with Crippen LogP contribution in [0.1, 0.15) is 19.8 Å². The van der Waals surface area contributed by atoms with Gasteiger partial charge >= 0.3 is 11.9 Å². The maximum atomic E-state index is 10.9. The fourth-order valence-electron chi connectivity index (χ4n) is 1.13. The number of aliphatic carboxylic acids is 1. The summed E-state index contributed by atoms with van der Waals surface area (Å²) in [5, 5.41) is 17.5. The van der Waals surface area contributed by atoms with E-state index in [4.69, 9.17) is 10.2 Å². The number of carboxylic acid groups (broad SMARTS) is 1. The van der Waals surface area contributed by atoms with Gasteiger partial charge in [0.15, 0.2) is 0 Å². The zero-order valence-corrected chi connectivity index (χ0v) is 7.11. The minimum atomic E-state index is -1.26. The van der Waals surface area contributed by atoms with Gasteiger partial charge in [0.1, 0.15) is 0 Å². The Morgan fingerprint density at radius 1 is 1.62 bits per heavy atom. The number of aliphatic hydroxyl groups is 1. The van der Waals surface area contributed by atoms with Crippen LogP contribution < -0.4 is 0 Å². The number of carbonyl (C=O) groups excluding carboxylic acids is 1. The Hall–Kier alpha value is -1.36. The lowest BCUT2D eigenvalue weighted by Crippen LogP contribution is -2.10. The van der Waals surface area contributed by atoms with Gasteiger partial charge in [-0.3, -0.25) is 4.79 Å². The van der Waals surface area contributed by atoms with Gasteiger partial charge in [-0.05, 0) is 13.3 Å². The molecule has 0 spiro atoms. The van der Waals surface area contributed by atoms with Gasteiger partial charge in [0.05, 0.1) is 0 Å². The van der Waals surface area contributed by atoms with Crippen LogP contribution in [0.25, 0.3) is 0 Å². The van der Waals surface area contributed by atoms with Crippen LogP contribution in [0.2, 0.25) is 0 Å². The fraction of sp³-hybridized carbons (Fsp3) is 0.500. The molecule has 0 aromatic rings. The predicted molar refractivity (Wildman–Crippen MR) is 41.7 cm³/mol. The molecule has 1 rings (SSSR count). The molecule has 0 fully saturated rings. The predicted octanol–water partition coefficient (Wildman–Crippen LogP) is 0.0429. The SMILES string of the molecule is CC1=C(CCC(=O)O)C(O)OC1=O. The van der Waals surface area contributed by atoms with Crippen molar-refractivity contribution in [3.63, 3.8) is 0 Å². The van der Waals surface area contributed by atoms with Gasteiger partial charge in [0.25, 0.3) is 0 Å². The maximum Gasteiger partial charge on any atom is 0.336 e. The summed E-state index contributed by atoms with van der Waals surface area (Å²) in [5.41, 5.74) is 0.682. The highest BCUT2D eigenvalue weighted by molar-refractivity contribution is 5.91. The first-order chi connectivity index (χ1) is 6.02. The van der Waals surface area contributed by atoms with E-state index in [1.807, 2.05) is 0 Å². The molecule has 0 saturated carbocycles. The third-order valence-corrected chi connectivity index (χ3v) is 1.91. The lowest BCUT2D eigenvalue weighted by Gasteiger charge is -2.05. The van der Waals surface area contributed by atoms with E-state index in [0.717, 1.165) is 0 Å². The Labute approximate surface area is 74.6 Å². The summed E-state index contributed by atoms with van der Waals surface area (Å²) < 4.78 is 4.47. The van der Waals surface area contributed by atoms with Crippen LogP contribution in [0.4, 0.5) is 0 Å². The van der Waals surface area contributed by atoms with Gasteiger partial charge in [0.2, 0.25) is 6.29 Å². The largest absolute Gasteiger partial charge is 0.481 e. The van der Waals surface area contributed by atoms with Gasteiger partial charge < -0.3 is 14.9 Å². The molecule has 72 valence electrons. The van der Waals surface area contributed by atoms with Crippen molar-refractivity contribution >= 4 is 11.9 Å². The van der Waals surface area contributed by atoms with E-state index in [1.165, 1.54) is 6.92 Å². The molecule has 0 amide bonds. The molecule has 1 heterocycles. The maximum absolute atomic E-state index is 10.9.